The summed E-state index contributed by atoms with van der Waals surface area (Å²) in [5, 5.41) is 9.46. The van der Waals surface area contributed by atoms with Crippen LogP contribution in [0.1, 0.15) is 11.7 Å². The van der Waals surface area contributed by atoms with Crippen LogP contribution in [0.2, 0.25) is 0 Å². The molecule has 2 atom stereocenters. The highest BCUT2D eigenvalue weighted by Crippen LogP contribution is 2.24. The summed E-state index contributed by atoms with van der Waals surface area (Å²) in [6.07, 6.45) is 0.711. The molecule has 0 aliphatic carbocycles. The van der Waals surface area contributed by atoms with Gasteiger partial charge in [-0.2, -0.15) is 0 Å². The summed E-state index contributed by atoms with van der Waals surface area (Å²) in [7, 11) is 3.80. The first kappa shape index (κ1) is 10.4. The minimum atomic E-state index is -0.761. The first-order chi connectivity index (χ1) is 6.19. The molecule has 0 fully saturated rings. The van der Waals surface area contributed by atoms with Crippen LogP contribution >= 0.6 is 9.24 Å². The Morgan fingerprint density at radius 2 is 2.46 bits per heavy atom. The standard InChI is InChI=1S/C8H11FNO2P/c1-12-8-6(7(11)4-13)2-5(9)3-10-8/h2-3,7,11H,4,13H2,1H3. The molecule has 5 heteroatoms. The average Bonchev–Trinajstić information content (AvgIpc) is 2.16. The highest BCUT2D eigenvalue weighted by atomic mass is 31.0. The maximum absolute atomic E-state index is 12.7. The molecule has 1 rings (SSSR count). The van der Waals surface area contributed by atoms with Crippen molar-refractivity contribution >= 4 is 9.24 Å². The number of halogens is 1. The van der Waals surface area contributed by atoms with E-state index >= 15 is 0 Å². The number of pyridine rings is 1. The van der Waals surface area contributed by atoms with Crippen molar-refractivity contribution in [3.63, 3.8) is 0 Å². The number of hydrogen-bond acceptors (Lipinski definition) is 3. The second-order valence-electron chi connectivity index (χ2n) is 2.50. The van der Waals surface area contributed by atoms with Crippen LogP contribution in [0.15, 0.2) is 12.3 Å². The summed E-state index contributed by atoms with van der Waals surface area (Å²) in [6, 6.07) is 1.22. The predicted molar refractivity (Wildman–Crippen MR) is 50.3 cm³/mol. The van der Waals surface area contributed by atoms with Crippen LogP contribution in [0, 0.1) is 5.82 Å². The molecule has 13 heavy (non-hydrogen) atoms. The van der Waals surface area contributed by atoms with Crippen molar-refractivity contribution in [2.45, 2.75) is 6.10 Å². The van der Waals surface area contributed by atoms with Crippen LogP contribution in [0.5, 0.6) is 5.88 Å². The molecular weight excluding hydrogens is 192 g/mol. The fourth-order valence-electron chi connectivity index (χ4n) is 0.979. The van der Waals surface area contributed by atoms with Crippen LogP contribution < -0.4 is 4.74 Å². The molecule has 3 nitrogen and oxygen atoms in total. The fraction of sp³-hybridized carbons (Fsp3) is 0.375. The summed E-state index contributed by atoms with van der Waals surface area (Å²) in [6.45, 7) is 0. The lowest BCUT2D eigenvalue weighted by Gasteiger charge is -2.11. The molecule has 1 heterocycles. The van der Waals surface area contributed by atoms with Crippen molar-refractivity contribution in [1.29, 1.82) is 0 Å². The molecular formula is C8H11FNO2P. The Morgan fingerprint density at radius 3 is 3.00 bits per heavy atom. The van der Waals surface area contributed by atoms with Gasteiger partial charge in [0.1, 0.15) is 5.82 Å². The van der Waals surface area contributed by atoms with Crippen molar-refractivity contribution in [3.8, 4) is 5.88 Å². The summed E-state index contributed by atoms with van der Waals surface area (Å²) in [4.78, 5) is 3.70. The number of methoxy groups -OCH3 is 1. The Balaban J connectivity index is 3.07. The normalized spacial score (nSPS) is 12.6. The monoisotopic (exact) mass is 203 g/mol. The van der Waals surface area contributed by atoms with E-state index < -0.39 is 11.9 Å². The number of aromatic nitrogens is 1. The van der Waals surface area contributed by atoms with Gasteiger partial charge in [-0.15, -0.1) is 9.24 Å². The van der Waals surface area contributed by atoms with Gasteiger partial charge in [0.15, 0.2) is 0 Å². The largest absolute Gasteiger partial charge is 0.481 e. The van der Waals surface area contributed by atoms with Crippen LogP contribution in [0.3, 0.4) is 0 Å². The van der Waals surface area contributed by atoms with Gasteiger partial charge in [-0.25, -0.2) is 9.37 Å². The van der Waals surface area contributed by atoms with Crippen LogP contribution in [-0.2, 0) is 0 Å². The molecule has 0 spiro atoms. The van der Waals surface area contributed by atoms with Gasteiger partial charge in [0.25, 0.3) is 0 Å². The van der Waals surface area contributed by atoms with Gasteiger partial charge in [0.05, 0.1) is 19.4 Å². The van der Waals surface area contributed by atoms with Gasteiger partial charge >= 0.3 is 0 Å². The summed E-state index contributed by atoms with van der Waals surface area (Å²) in [5.41, 5.74) is 0.373. The third-order valence-corrected chi connectivity index (χ3v) is 2.07. The molecule has 0 aromatic carbocycles. The molecule has 0 aliphatic heterocycles. The van der Waals surface area contributed by atoms with Crippen molar-refractivity contribution in [2.75, 3.05) is 13.3 Å². The van der Waals surface area contributed by atoms with E-state index in [0.29, 0.717) is 11.7 Å². The van der Waals surface area contributed by atoms with E-state index in [2.05, 4.69) is 14.2 Å². The molecule has 1 aromatic heterocycles. The average molecular weight is 203 g/mol. The Kier molecular flexibility index (Phi) is 3.58. The fourth-order valence-corrected chi connectivity index (χ4v) is 1.23. The zero-order valence-corrected chi connectivity index (χ0v) is 8.35. The third-order valence-electron chi connectivity index (χ3n) is 1.62. The molecule has 72 valence electrons. The molecule has 1 aromatic rings. The van der Waals surface area contributed by atoms with Crippen LogP contribution in [0.25, 0.3) is 0 Å². The lowest BCUT2D eigenvalue weighted by Crippen LogP contribution is -2.03. The maximum atomic E-state index is 12.7. The molecule has 0 amide bonds. The highest BCUT2D eigenvalue weighted by Gasteiger charge is 2.13. The van der Waals surface area contributed by atoms with E-state index in [9.17, 15) is 9.50 Å². The molecule has 1 N–H and O–H groups in total. The topological polar surface area (TPSA) is 42.4 Å². The van der Waals surface area contributed by atoms with E-state index in [1.165, 1.54) is 13.2 Å². The Bertz CT molecular complexity index is 295. The number of nitrogens with zero attached hydrogens (tertiary/aromatic N) is 1. The highest BCUT2D eigenvalue weighted by molar-refractivity contribution is 7.16. The Labute approximate surface area is 78.1 Å². The summed E-state index contributed by atoms with van der Waals surface area (Å²) >= 11 is 0. The van der Waals surface area contributed by atoms with Crippen molar-refractivity contribution in [2.24, 2.45) is 0 Å². The van der Waals surface area contributed by atoms with Gasteiger partial charge in [0.2, 0.25) is 5.88 Å². The zero-order chi connectivity index (χ0) is 9.84. The summed E-state index contributed by atoms with van der Waals surface area (Å²) < 4.78 is 17.6. The maximum Gasteiger partial charge on any atom is 0.219 e. The first-order valence-corrected chi connectivity index (χ1v) is 4.58. The zero-order valence-electron chi connectivity index (χ0n) is 7.20. The van der Waals surface area contributed by atoms with Crippen molar-refractivity contribution in [3.05, 3.63) is 23.6 Å². The third kappa shape index (κ3) is 2.36. The van der Waals surface area contributed by atoms with Crippen molar-refractivity contribution in [1.82, 2.24) is 4.98 Å². The lowest BCUT2D eigenvalue weighted by atomic mass is 10.2. The lowest BCUT2D eigenvalue weighted by molar-refractivity contribution is 0.197. The second kappa shape index (κ2) is 4.49. The van der Waals surface area contributed by atoms with Gasteiger partial charge < -0.3 is 9.84 Å². The number of rotatable bonds is 3. The van der Waals surface area contributed by atoms with E-state index in [0.717, 1.165) is 6.20 Å². The van der Waals surface area contributed by atoms with E-state index in [1.54, 1.807) is 0 Å². The minimum absolute atomic E-state index is 0.261. The molecule has 0 radical (unpaired) electrons. The number of aliphatic hydroxyl groups excluding tert-OH is 1. The quantitative estimate of drug-likeness (QED) is 0.749. The molecule has 0 bridgehead atoms. The van der Waals surface area contributed by atoms with Crippen LogP contribution in [0.4, 0.5) is 4.39 Å². The van der Waals surface area contributed by atoms with Gasteiger partial charge in [-0.1, -0.05) is 0 Å². The first-order valence-electron chi connectivity index (χ1n) is 3.76. The Morgan fingerprint density at radius 1 is 1.77 bits per heavy atom. The smallest absolute Gasteiger partial charge is 0.219 e. The molecule has 0 aliphatic rings. The minimum Gasteiger partial charge on any atom is -0.481 e. The molecule has 2 unspecified atom stereocenters. The number of ether oxygens (including phenoxy) is 1. The SMILES string of the molecule is COc1ncc(F)cc1C(O)CP. The molecule has 0 saturated heterocycles. The van der Waals surface area contributed by atoms with Gasteiger partial charge in [-0.05, 0) is 12.2 Å². The van der Waals surface area contributed by atoms with Gasteiger partial charge in [-0.3, -0.25) is 0 Å². The van der Waals surface area contributed by atoms with Gasteiger partial charge in [0, 0.05) is 5.56 Å². The second-order valence-corrected chi connectivity index (χ2v) is 2.97. The number of aliphatic hydroxyl groups is 1. The van der Waals surface area contributed by atoms with E-state index in [1.807, 2.05) is 0 Å². The van der Waals surface area contributed by atoms with E-state index in [4.69, 9.17) is 4.74 Å². The van der Waals surface area contributed by atoms with E-state index in [-0.39, 0.29) is 5.88 Å². The Hall–Kier alpha value is -0.730. The van der Waals surface area contributed by atoms with Crippen LogP contribution in [-0.4, -0.2) is 23.4 Å². The summed E-state index contributed by atoms with van der Waals surface area (Å²) in [5.74, 6) is -0.218. The van der Waals surface area contributed by atoms with Crippen molar-refractivity contribution < 1.29 is 14.2 Å². The molecule has 0 saturated carbocycles. The number of hydrogen-bond donors (Lipinski definition) is 1. The predicted octanol–water partition coefficient (Wildman–Crippen LogP) is 1.14.